The molecular weight excluding hydrogens is 233 g/mol. The van der Waals surface area contributed by atoms with E-state index in [1.54, 1.807) is 6.07 Å². The molecule has 1 fully saturated rings. The highest BCUT2D eigenvalue weighted by atomic mass is 19.1. The molecule has 1 saturated heterocycles. The van der Waals surface area contributed by atoms with Gasteiger partial charge in [0.05, 0.1) is 12.2 Å². The van der Waals surface area contributed by atoms with E-state index >= 15 is 0 Å². The fourth-order valence-corrected chi connectivity index (χ4v) is 2.20. The fraction of sp³-hybridized carbons (Fsp3) is 0.571. The molecule has 18 heavy (non-hydrogen) atoms. The van der Waals surface area contributed by atoms with Gasteiger partial charge in [-0.1, -0.05) is 0 Å². The van der Waals surface area contributed by atoms with Crippen LogP contribution in [-0.2, 0) is 4.74 Å². The van der Waals surface area contributed by atoms with Crippen molar-refractivity contribution in [3.8, 4) is 5.75 Å². The number of benzene rings is 1. The third-order valence-corrected chi connectivity index (χ3v) is 3.21. The zero-order valence-electron chi connectivity index (χ0n) is 10.9. The van der Waals surface area contributed by atoms with Gasteiger partial charge in [0.25, 0.3) is 0 Å². The Hall–Kier alpha value is -1.13. The molecule has 0 amide bonds. The molecule has 3 atom stereocenters. The van der Waals surface area contributed by atoms with E-state index in [1.165, 1.54) is 12.1 Å². The van der Waals surface area contributed by atoms with Crippen molar-refractivity contribution in [1.29, 1.82) is 0 Å². The molecule has 0 radical (unpaired) electrons. The Morgan fingerprint density at radius 3 is 2.89 bits per heavy atom. The van der Waals surface area contributed by atoms with Gasteiger partial charge in [-0.15, -0.1) is 0 Å². The minimum Gasteiger partial charge on any atom is -0.491 e. The number of nitrogens with two attached hydrogens (primary N) is 1. The first-order chi connectivity index (χ1) is 8.56. The highest BCUT2D eigenvalue weighted by molar-refractivity contribution is 5.36. The van der Waals surface area contributed by atoms with Crippen LogP contribution in [0.2, 0.25) is 0 Å². The predicted octanol–water partition coefficient (Wildman–Crippen LogP) is 2.79. The second kappa shape index (κ2) is 5.67. The van der Waals surface area contributed by atoms with Gasteiger partial charge in [0, 0.05) is 11.6 Å². The molecule has 1 aliphatic heterocycles. The Kier molecular flexibility index (Phi) is 4.19. The van der Waals surface area contributed by atoms with E-state index in [1.807, 2.05) is 6.92 Å². The fourth-order valence-electron chi connectivity index (χ4n) is 2.20. The van der Waals surface area contributed by atoms with Gasteiger partial charge in [-0.25, -0.2) is 4.39 Å². The summed E-state index contributed by atoms with van der Waals surface area (Å²) in [5.41, 5.74) is 6.51. The van der Waals surface area contributed by atoms with Crippen LogP contribution >= 0.6 is 0 Å². The van der Waals surface area contributed by atoms with E-state index in [-0.39, 0.29) is 18.0 Å². The van der Waals surface area contributed by atoms with Gasteiger partial charge in [0.2, 0.25) is 0 Å². The molecule has 0 aliphatic carbocycles. The lowest BCUT2D eigenvalue weighted by Crippen LogP contribution is -2.19. The predicted molar refractivity (Wildman–Crippen MR) is 68.1 cm³/mol. The minimum atomic E-state index is -0.291. The standard InChI is InChI=1S/C14H20FNO2/c1-9-3-5-12(18-9)8-17-14-6-4-11(15)7-13(14)10(2)16/h4,6-7,9-10,12H,3,5,8,16H2,1-2H3. The summed E-state index contributed by atoms with van der Waals surface area (Å²) in [6, 6.07) is 4.20. The van der Waals surface area contributed by atoms with Crippen LogP contribution in [0.15, 0.2) is 18.2 Å². The van der Waals surface area contributed by atoms with Crippen molar-refractivity contribution in [3.63, 3.8) is 0 Å². The van der Waals surface area contributed by atoms with Crippen LogP contribution in [0.5, 0.6) is 5.75 Å². The first-order valence-electron chi connectivity index (χ1n) is 6.39. The largest absolute Gasteiger partial charge is 0.491 e. The van der Waals surface area contributed by atoms with Crippen LogP contribution in [0, 0.1) is 5.82 Å². The maximum atomic E-state index is 13.2. The average molecular weight is 253 g/mol. The lowest BCUT2D eigenvalue weighted by Gasteiger charge is -2.17. The van der Waals surface area contributed by atoms with E-state index in [0.29, 0.717) is 24.0 Å². The smallest absolute Gasteiger partial charge is 0.124 e. The maximum absolute atomic E-state index is 13.2. The number of halogens is 1. The van der Waals surface area contributed by atoms with E-state index in [2.05, 4.69) is 6.92 Å². The maximum Gasteiger partial charge on any atom is 0.124 e. The number of hydrogen-bond donors (Lipinski definition) is 1. The minimum absolute atomic E-state index is 0.131. The van der Waals surface area contributed by atoms with Crippen molar-refractivity contribution in [2.45, 2.75) is 44.9 Å². The van der Waals surface area contributed by atoms with Crippen molar-refractivity contribution < 1.29 is 13.9 Å². The molecule has 0 bridgehead atoms. The third kappa shape index (κ3) is 3.21. The summed E-state index contributed by atoms with van der Waals surface area (Å²) in [7, 11) is 0. The quantitative estimate of drug-likeness (QED) is 0.897. The Morgan fingerprint density at radius 2 is 2.28 bits per heavy atom. The van der Waals surface area contributed by atoms with Gasteiger partial charge >= 0.3 is 0 Å². The second-order valence-electron chi connectivity index (χ2n) is 4.93. The Balaban J connectivity index is 2.00. The van der Waals surface area contributed by atoms with Crippen molar-refractivity contribution >= 4 is 0 Å². The van der Waals surface area contributed by atoms with Crippen molar-refractivity contribution in [2.24, 2.45) is 5.73 Å². The van der Waals surface area contributed by atoms with E-state index in [9.17, 15) is 4.39 Å². The molecule has 2 N–H and O–H groups in total. The molecule has 0 saturated carbocycles. The van der Waals surface area contributed by atoms with Crippen LogP contribution in [-0.4, -0.2) is 18.8 Å². The molecule has 1 aromatic rings. The average Bonchev–Trinajstić information content (AvgIpc) is 2.73. The molecule has 4 heteroatoms. The van der Waals surface area contributed by atoms with E-state index in [4.69, 9.17) is 15.2 Å². The lowest BCUT2D eigenvalue weighted by molar-refractivity contribution is 0.0262. The highest BCUT2D eigenvalue weighted by Gasteiger charge is 2.22. The Bertz CT molecular complexity index is 409. The zero-order valence-corrected chi connectivity index (χ0v) is 10.9. The summed E-state index contributed by atoms with van der Waals surface area (Å²) in [4.78, 5) is 0. The normalized spacial score (nSPS) is 25.1. The second-order valence-corrected chi connectivity index (χ2v) is 4.93. The molecule has 0 spiro atoms. The van der Waals surface area contributed by atoms with Crippen LogP contribution in [0.4, 0.5) is 4.39 Å². The molecule has 3 unspecified atom stereocenters. The van der Waals surface area contributed by atoms with Gasteiger partial charge in [-0.3, -0.25) is 0 Å². The van der Waals surface area contributed by atoms with Crippen LogP contribution in [0.3, 0.4) is 0 Å². The van der Waals surface area contributed by atoms with Gasteiger partial charge < -0.3 is 15.2 Å². The molecule has 1 aliphatic rings. The molecule has 3 nitrogen and oxygen atoms in total. The van der Waals surface area contributed by atoms with Crippen LogP contribution < -0.4 is 10.5 Å². The van der Waals surface area contributed by atoms with Crippen molar-refractivity contribution in [3.05, 3.63) is 29.6 Å². The van der Waals surface area contributed by atoms with E-state index in [0.717, 1.165) is 12.8 Å². The van der Waals surface area contributed by atoms with Crippen LogP contribution in [0.1, 0.15) is 38.3 Å². The summed E-state index contributed by atoms with van der Waals surface area (Å²) < 4.78 is 24.6. The van der Waals surface area contributed by atoms with Crippen molar-refractivity contribution in [2.75, 3.05) is 6.61 Å². The van der Waals surface area contributed by atoms with Gasteiger partial charge in [-0.05, 0) is 44.9 Å². The SMILES string of the molecule is CC1CCC(COc2ccc(F)cc2C(C)N)O1. The molecule has 100 valence electrons. The number of hydrogen-bond acceptors (Lipinski definition) is 3. The lowest BCUT2D eigenvalue weighted by atomic mass is 10.1. The zero-order chi connectivity index (χ0) is 13.1. The summed E-state index contributed by atoms with van der Waals surface area (Å²) >= 11 is 0. The van der Waals surface area contributed by atoms with Crippen LogP contribution in [0.25, 0.3) is 0 Å². The van der Waals surface area contributed by atoms with Gasteiger partial charge in [0.1, 0.15) is 18.2 Å². The summed E-state index contributed by atoms with van der Waals surface area (Å²) in [6.07, 6.45) is 2.51. The molecule has 0 aromatic heterocycles. The Morgan fingerprint density at radius 1 is 1.50 bits per heavy atom. The first-order valence-corrected chi connectivity index (χ1v) is 6.39. The summed E-state index contributed by atoms with van der Waals surface area (Å²) in [5, 5.41) is 0. The van der Waals surface area contributed by atoms with Gasteiger partial charge in [0.15, 0.2) is 0 Å². The number of ether oxygens (including phenoxy) is 2. The Labute approximate surface area is 107 Å². The highest BCUT2D eigenvalue weighted by Crippen LogP contribution is 2.26. The summed E-state index contributed by atoms with van der Waals surface area (Å²) in [5.74, 6) is 0.356. The summed E-state index contributed by atoms with van der Waals surface area (Å²) in [6.45, 7) is 4.37. The molecule has 1 aromatic carbocycles. The first kappa shape index (κ1) is 13.3. The van der Waals surface area contributed by atoms with E-state index < -0.39 is 0 Å². The molecule has 1 heterocycles. The monoisotopic (exact) mass is 253 g/mol. The number of rotatable bonds is 4. The molecular formula is C14H20FNO2. The topological polar surface area (TPSA) is 44.5 Å². The van der Waals surface area contributed by atoms with Gasteiger partial charge in [-0.2, -0.15) is 0 Å². The molecule has 2 rings (SSSR count). The third-order valence-electron chi connectivity index (χ3n) is 3.21. The van der Waals surface area contributed by atoms with Crippen molar-refractivity contribution in [1.82, 2.24) is 0 Å².